The Morgan fingerprint density at radius 1 is 1.10 bits per heavy atom. The first-order chi connectivity index (χ1) is 10.2. The molecule has 0 aliphatic carbocycles. The number of aromatic nitrogens is 1. The van der Waals surface area contributed by atoms with E-state index in [1.54, 1.807) is 0 Å². The maximum Gasteiger partial charge on any atom is 0.0724 e. The van der Waals surface area contributed by atoms with Crippen molar-refractivity contribution >= 4 is 22.5 Å². The summed E-state index contributed by atoms with van der Waals surface area (Å²) in [5.41, 5.74) is 6.85. The molecule has 0 aliphatic heterocycles. The van der Waals surface area contributed by atoms with E-state index >= 15 is 0 Å². The van der Waals surface area contributed by atoms with Crippen molar-refractivity contribution in [1.29, 1.82) is 0 Å². The zero-order valence-corrected chi connectivity index (χ0v) is 12.4. The van der Waals surface area contributed by atoms with E-state index in [1.807, 2.05) is 49.4 Å². The molecule has 0 spiro atoms. The Balaban J connectivity index is 2.09. The zero-order chi connectivity index (χ0) is 14.8. The minimum atomic E-state index is -0.149. The van der Waals surface area contributed by atoms with Crippen LogP contribution < -0.4 is 11.3 Å². The van der Waals surface area contributed by atoms with Crippen molar-refractivity contribution < 1.29 is 0 Å². The van der Waals surface area contributed by atoms with Crippen LogP contribution in [-0.4, -0.2) is 4.98 Å². The molecule has 0 saturated carbocycles. The van der Waals surface area contributed by atoms with Gasteiger partial charge in [-0.15, -0.1) is 0 Å². The summed E-state index contributed by atoms with van der Waals surface area (Å²) in [6, 6.07) is 17.8. The van der Waals surface area contributed by atoms with Gasteiger partial charge in [-0.05, 0) is 42.3 Å². The summed E-state index contributed by atoms with van der Waals surface area (Å²) in [6.45, 7) is 1.99. The average molecular weight is 298 g/mol. The molecule has 0 saturated heterocycles. The topological polar surface area (TPSA) is 50.9 Å². The van der Waals surface area contributed by atoms with Crippen LogP contribution in [0.3, 0.4) is 0 Å². The number of hydrogen-bond acceptors (Lipinski definition) is 3. The minimum absolute atomic E-state index is 0.149. The highest BCUT2D eigenvalue weighted by Crippen LogP contribution is 2.29. The molecule has 0 bridgehead atoms. The summed E-state index contributed by atoms with van der Waals surface area (Å²) in [7, 11) is 0. The molecular formula is C17H16ClN3. The number of hydrogen-bond donors (Lipinski definition) is 2. The molecule has 1 atom stereocenters. The molecule has 0 radical (unpaired) electrons. The molecule has 0 aliphatic rings. The molecule has 3 aromatic rings. The van der Waals surface area contributed by atoms with Crippen LogP contribution in [0.15, 0.2) is 54.6 Å². The molecular weight excluding hydrogens is 282 g/mol. The Morgan fingerprint density at radius 2 is 1.90 bits per heavy atom. The monoisotopic (exact) mass is 297 g/mol. The molecule has 1 heterocycles. The van der Waals surface area contributed by atoms with Gasteiger partial charge in [0.25, 0.3) is 0 Å². The molecule has 21 heavy (non-hydrogen) atoms. The Morgan fingerprint density at radius 3 is 2.67 bits per heavy atom. The predicted molar refractivity (Wildman–Crippen MR) is 87.1 cm³/mol. The Labute approximate surface area is 128 Å². The van der Waals surface area contributed by atoms with E-state index in [-0.39, 0.29) is 6.04 Å². The lowest BCUT2D eigenvalue weighted by Gasteiger charge is -2.18. The van der Waals surface area contributed by atoms with Gasteiger partial charge in [0.05, 0.1) is 11.6 Å². The molecule has 1 unspecified atom stereocenters. The normalized spacial score (nSPS) is 12.5. The predicted octanol–water partition coefficient (Wildman–Crippen LogP) is 3.75. The molecule has 0 fully saturated rings. The summed E-state index contributed by atoms with van der Waals surface area (Å²) in [6.07, 6.45) is 0. The van der Waals surface area contributed by atoms with E-state index in [9.17, 15) is 0 Å². The third-order valence-corrected chi connectivity index (χ3v) is 3.91. The van der Waals surface area contributed by atoms with E-state index in [2.05, 4.69) is 22.5 Å². The summed E-state index contributed by atoms with van der Waals surface area (Å²) >= 11 is 6.28. The fourth-order valence-electron chi connectivity index (χ4n) is 2.50. The van der Waals surface area contributed by atoms with Crippen molar-refractivity contribution in [1.82, 2.24) is 10.4 Å². The van der Waals surface area contributed by atoms with Crippen LogP contribution in [0.1, 0.15) is 22.9 Å². The van der Waals surface area contributed by atoms with Gasteiger partial charge >= 0.3 is 0 Å². The molecule has 2 aromatic carbocycles. The first kappa shape index (κ1) is 14.0. The third-order valence-electron chi connectivity index (χ3n) is 3.57. The Bertz CT molecular complexity index is 786. The van der Waals surface area contributed by atoms with Gasteiger partial charge in [-0.3, -0.25) is 10.8 Å². The highest BCUT2D eigenvalue weighted by Gasteiger charge is 2.15. The molecule has 4 heteroatoms. The number of nitrogens with one attached hydrogen (secondary N) is 1. The average Bonchev–Trinajstić information content (AvgIpc) is 2.50. The van der Waals surface area contributed by atoms with Crippen LogP contribution in [-0.2, 0) is 0 Å². The van der Waals surface area contributed by atoms with E-state index in [0.717, 1.165) is 27.7 Å². The first-order valence-electron chi connectivity index (χ1n) is 6.77. The van der Waals surface area contributed by atoms with Gasteiger partial charge in [-0.25, -0.2) is 5.43 Å². The van der Waals surface area contributed by atoms with Crippen LogP contribution in [0, 0.1) is 6.92 Å². The van der Waals surface area contributed by atoms with Crippen molar-refractivity contribution in [2.75, 3.05) is 0 Å². The van der Waals surface area contributed by atoms with E-state index in [4.69, 9.17) is 17.4 Å². The zero-order valence-electron chi connectivity index (χ0n) is 11.7. The van der Waals surface area contributed by atoms with E-state index < -0.39 is 0 Å². The van der Waals surface area contributed by atoms with Gasteiger partial charge in [0, 0.05) is 16.1 Å². The highest BCUT2D eigenvalue weighted by molar-refractivity contribution is 6.31. The Hall–Kier alpha value is -1.94. The summed E-state index contributed by atoms with van der Waals surface area (Å²) < 4.78 is 0. The lowest BCUT2D eigenvalue weighted by atomic mass is 9.97. The lowest BCUT2D eigenvalue weighted by molar-refractivity contribution is 0.638. The second kappa shape index (κ2) is 5.82. The standard InChI is InChI=1S/C17H16ClN3/c1-11-6-7-12-10-13(8-9-16(12)20-11)17(21-19)14-4-2-3-5-15(14)18/h2-10,17,21H,19H2,1H3. The van der Waals surface area contributed by atoms with Gasteiger partial charge in [0.1, 0.15) is 0 Å². The van der Waals surface area contributed by atoms with Gasteiger partial charge in [-0.2, -0.15) is 0 Å². The summed E-state index contributed by atoms with van der Waals surface area (Å²) in [4.78, 5) is 4.51. The lowest BCUT2D eigenvalue weighted by Crippen LogP contribution is -2.29. The van der Waals surface area contributed by atoms with Crippen LogP contribution in [0.25, 0.3) is 10.9 Å². The van der Waals surface area contributed by atoms with Crippen molar-refractivity contribution in [2.45, 2.75) is 13.0 Å². The van der Waals surface area contributed by atoms with Crippen molar-refractivity contribution in [2.24, 2.45) is 5.84 Å². The number of aryl methyl sites for hydroxylation is 1. The van der Waals surface area contributed by atoms with Gasteiger partial charge in [0.2, 0.25) is 0 Å². The smallest absolute Gasteiger partial charge is 0.0724 e. The molecule has 3 N–H and O–H groups in total. The summed E-state index contributed by atoms with van der Waals surface area (Å²) in [5.74, 6) is 5.75. The van der Waals surface area contributed by atoms with Crippen LogP contribution in [0.2, 0.25) is 5.02 Å². The molecule has 3 rings (SSSR count). The highest BCUT2D eigenvalue weighted by atomic mass is 35.5. The van der Waals surface area contributed by atoms with Crippen LogP contribution >= 0.6 is 11.6 Å². The number of hydrazine groups is 1. The maximum atomic E-state index is 6.28. The van der Waals surface area contributed by atoms with Crippen molar-refractivity contribution in [3.63, 3.8) is 0 Å². The second-order valence-corrected chi connectivity index (χ2v) is 5.43. The largest absolute Gasteiger partial charge is 0.271 e. The van der Waals surface area contributed by atoms with E-state index in [0.29, 0.717) is 5.02 Å². The number of benzene rings is 2. The molecule has 106 valence electrons. The number of rotatable bonds is 3. The number of fused-ring (bicyclic) bond motifs is 1. The fourth-order valence-corrected chi connectivity index (χ4v) is 2.75. The SMILES string of the molecule is Cc1ccc2cc(C(NN)c3ccccc3Cl)ccc2n1. The minimum Gasteiger partial charge on any atom is -0.271 e. The Kier molecular flexibility index (Phi) is 3.88. The van der Waals surface area contributed by atoms with Gasteiger partial charge in [0.15, 0.2) is 0 Å². The molecule has 3 nitrogen and oxygen atoms in total. The van der Waals surface area contributed by atoms with Crippen molar-refractivity contribution in [3.8, 4) is 0 Å². The number of pyridine rings is 1. The van der Waals surface area contributed by atoms with Crippen LogP contribution in [0.5, 0.6) is 0 Å². The number of nitrogens with two attached hydrogens (primary N) is 1. The second-order valence-electron chi connectivity index (χ2n) is 5.03. The number of halogens is 1. The first-order valence-corrected chi connectivity index (χ1v) is 7.14. The van der Waals surface area contributed by atoms with Gasteiger partial charge < -0.3 is 0 Å². The quantitative estimate of drug-likeness (QED) is 0.572. The third kappa shape index (κ3) is 2.76. The number of nitrogens with zero attached hydrogens (tertiary/aromatic N) is 1. The maximum absolute atomic E-state index is 6.28. The summed E-state index contributed by atoms with van der Waals surface area (Å²) in [5, 5.41) is 1.79. The van der Waals surface area contributed by atoms with Crippen molar-refractivity contribution in [3.05, 3.63) is 76.4 Å². The molecule has 1 aromatic heterocycles. The van der Waals surface area contributed by atoms with E-state index in [1.165, 1.54) is 0 Å². The molecule has 0 amide bonds. The fraction of sp³-hybridized carbons (Fsp3) is 0.118. The van der Waals surface area contributed by atoms with Crippen LogP contribution in [0.4, 0.5) is 0 Å². The van der Waals surface area contributed by atoms with Gasteiger partial charge in [-0.1, -0.05) is 41.9 Å².